The van der Waals surface area contributed by atoms with Gasteiger partial charge < -0.3 is 4.98 Å². The van der Waals surface area contributed by atoms with Gasteiger partial charge in [0.05, 0.1) is 12.0 Å². The minimum absolute atomic E-state index is 0.0693. The highest BCUT2D eigenvalue weighted by Gasteiger charge is 2.18. The van der Waals surface area contributed by atoms with E-state index >= 15 is 0 Å². The smallest absolute Gasteiger partial charge is 0.259 e. The first-order valence-corrected chi connectivity index (χ1v) is 6.31. The van der Waals surface area contributed by atoms with E-state index in [1.807, 2.05) is 0 Å². The third-order valence-corrected chi connectivity index (χ3v) is 3.06. The van der Waals surface area contributed by atoms with Crippen LogP contribution < -0.4 is 5.56 Å². The lowest BCUT2D eigenvalue weighted by molar-refractivity contribution is 0.0893. The van der Waals surface area contributed by atoms with Crippen molar-refractivity contribution < 1.29 is 9.59 Å². The van der Waals surface area contributed by atoms with Gasteiger partial charge in [0.1, 0.15) is 0 Å². The third kappa shape index (κ3) is 2.91. The van der Waals surface area contributed by atoms with Gasteiger partial charge in [0, 0.05) is 11.3 Å². The molecule has 0 aliphatic rings. The lowest BCUT2D eigenvalue weighted by Gasteiger charge is -2.05. The summed E-state index contributed by atoms with van der Waals surface area (Å²) in [6, 6.07) is 10.3. The Balaban J connectivity index is 2.26. The molecule has 1 heterocycles. The maximum atomic E-state index is 12.1. The number of Topliss-reactive ketones (excluding diaryl/α,β-unsaturated/α-hetero) is 2. The van der Waals surface area contributed by atoms with Gasteiger partial charge in [0.25, 0.3) is 5.56 Å². The number of carbonyl (C=O) groups excluding carboxylic acids is 2. The van der Waals surface area contributed by atoms with Crippen molar-refractivity contribution in [3.63, 3.8) is 0 Å². The number of hydrogen-bond acceptors (Lipinski definition) is 3. The summed E-state index contributed by atoms with van der Waals surface area (Å²) in [7, 11) is 0. The van der Waals surface area contributed by atoms with Crippen LogP contribution in [0.2, 0.25) is 0 Å². The molecule has 4 heteroatoms. The van der Waals surface area contributed by atoms with E-state index in [4.69, 9.17) is 0 Å². The van der Waals surface area contributed by atoms with Crippen LogP contribution in [0.25, 0.3) is 0 Å². The molecule has 0 radical (unpaired) electrons. The Hall–Kier alpha value is -2.49. The van der Waals surface area contributed by atoms with Gasteiger partial charge >= 0.3 is 0 Å². The minimum atomic E-state index is -0.447. The molecule has 0 spiro atoms. The van der Waals surface area contributed by atoms with Gasteiger partial charge in [0.2, 0.25) is 0 Å². The van der Waals surface area contributed by atoms with Gasteiger partial charge in [-0.25, -0.2) is 0 Å². The highest BCUT2D eigenvalue weighted by Crippen LogP contribution is 2.10. The number of H-pyrrole nitrogens is 1. The average Bonchev–Trinajstić information content (AvgIpc) is 2.38. The van der Waals surface area contributed by atoms with Crippen LogP contribution in [-0.4, -0.2) is 16.6 Å². The maximum absolute atomic E-state index is 12.1. The topological polar surface area (TPSA) is 67.0 Å². The fourth-order valence-electron chi connectivity index (χ4n) is 2.16. The third-order valence-electron chi connectivity index (χ3n) is 3.06. The van der Waals surface area contributed by atoms with Crippen LogP contribution in [0.1, 0.15) is 38.4 Å². The Morgan fingerprint density at radius 1 is 1.05 bits per heavy atom. The molecular weight excluding hydrogens is 254 g/mol. The standard InChI is InChI=1S/C16H15NO3/c1-10-8-11(2)17-16(20)15(10)14(19)9-13(18)12-6-4-3-5-7-12/h3-8H,9H2,1-2H3,(H,17,20). The summed E-state index contributed by atoms with van der Waals surface area (Å²) in [4.78, 5) is 38.5. The lowest BCUT2D eigenvalue weighted by atomic mass is 9.99. The second-order valence-corrected chi connectivity index (χ2v) is 4.73. The van der Waals surface area contributed by atoms with E-state index in [2.05, 4.69) is 4.98 Å². The molecule has 2 aromatic rings. The van der Waals surface area contributed by atoms with Gasteiger partial charge in [-0.05, 0) is 25.5 Å². The predicted octanol–water partition coefficient (Wildman–Crippen LogP) is 2.45. The van der Waals surface area contributed by atoms with E-state index < -0.39 is 11.3 Å². The summed E-state index contributed by atoms with van der Waals surface area (Å²) in [5.41, 5.74) is 1.39. The van der Waals surface area contributed by atoms with E-state index in [9.17, 15) is 14.4 Å². The fraction of sp³-hybridized carbons (Fsp3) is 0.188. The molecule has 1 aromatic heterocycles. The van der Waals surface area contributed by atoms with Gasteiger partial charge in [-0.15, -0.1) is 0 Å². The lowest BCUT2D eigenvalue weighted by Crippen LogP contribution is -2.22. The summed E-state index contributed by atoms with van der Waals surface area (Å²) in [5.74, 6) is -0.729. The number of ketones is 2. The summed E-state index contributed by atoms with van der Waals surface area (Å²) in [6.07, 6.45) is -0.295. The normalized spacial score (nSPS) is 10.3. The van der Waals surface area contributed by atoms with Gasteiger partial charge in [-0.1, -0.05) is 30.3 Å². The van der Waals surface area contributed by atoms with Crippen LogP contribution in [0, 0.1) is 13.8 Å². The van der Waals surface area contributed by atoms with Crippen LogP contribution >= 0.6 is 0 Å². The van der Waals surface area contributed by atoms with Gasteiger partial charge in [-0.2, -0.15) is 0 Å². The second kappa shape index (κ2) is 5.65. The summed E-state index contributed by atoms with van der Waals surface area (Å²) < 4.78 is 0. The molecule has 20 heavy (non-hydrogen) atoms. The second-order valence-electron chi connectivity index (χ2n) is 4.73. The monoisotopic (exact) mass is 269 g/mol. The molecule has 0 bridgehead atoms. The number of carbonyl (C=O) groups is 2. The zero-order valence-corrected chi connectivity index (χ0v) is 11.4. The van der Waals surface area contributed by atoms with Gasteiger partial charge in [0.15, 0.2) is 11.6 Å². The molecule has 1 N–H and O–H groups in total. The number of aromatic nitrogens is 1. The van der Waals surface area contributed by atoms with Crippen molar-refractivity contribution in [2.24, 2.45) is 0 Å². The Morgan fingerprint density at radius 3 is 2.30 bits per heavy atom. The molecule has 2 rings (SSSR count). The van der Waals surface area contributed by atoms with E-state index in [0.717, 1.165) is 0 Å². The van der Waals surface area contributed by atoms with Crippen molar-refractivity contribution >= 4 is 11.6 Å². The Kier molecular flexibility index (Phi) is 3.94. The molecule has 0 amide bonds. The fourth-order valence-corrected chi connectivity index (χ4v) is 2.16. The number of hydrogen-bond donors (Lipinski definition) is 1. The Bertz CT molecular complexity index is 714. The quantitative estimate of drug-likeness (QED) is 0.684. The molecule has 0 saturated carbocycles. The van der Waals surface area contributed by atoms with E-state index in [1.54, 1.807) is 50.2 Å². The summed E-state index contributed by atoms with van der Waals surface area (Å²) in [6.45, 7) is 3.44. The number of aryl methyl sites for hydroxylation is 2. The van der Waals surface area contributed by atoms with Crippen molar-refractivity contribution in [3.05, 3.63) is 69.1 Å². The average molecular weight is 269 g/mol. The summed E-state index contributed by atoms with van der Waals surface area (Å²) in [5, 5.41) is 0. The zero-order valence-electron chi connectivity index (χ0n) is 11.4. The first-order valence-electron chi connectivity index (χ1n) is 6.31. The van der Waals surface area contributed by atoms with Crippen LogP contribution in [0.5, 0.6) is 0 Å². The predicted molar refractivity (Wildman–Crippen MR) is 76.3 cm³/mol. The van der Waals surface area contributed by atoms with Crippen LogP contribution in [0.4, 0.5) is 0 Å². The molecule has 0 atom stereocenters. The van der Waals surface area contributed by atoms with E-state index in [1.165, 1.54) is 0 Å². The Morgan fingerprint density at radius 2 is 1.70 bits per heavy atom. The molecule has 4 nitrogen and oxygen atoms in total. The maximum Gasteiger partial charge on any atom is 0.259 e. The number of aromatic amines is 1. The molecule has 0 aliphatic carbocycles. The number of pyridine rings is 1. The number of rotatable bonds is 4. The number of benzene rings is 1. The zero-order chi connectivity index (χ0) is 14.7. The first-order chi connectivity index (χ1) is 9.49. The van der Waals surface area contributed by atoms with Crippen LogP contribution in [-0.2, 0) is 0 Å². The molecular formula is C16H15NO3. The van der Waals surface area contributed by atoms with Crippen molar-refractivity contribution in [1.82, 2.24) is 4.98 Å². The SMILES string of the molecule is Cc1cc(C)c(C(=O)CC(=O)c2ccccc2)c(=O)[nH]1. The molecule has 0 fully saturated rings. The van der Waals surface area contributed by atoms with Crippen LogP contribution in [0.15, 0.2) is 41.2 Å². The molecule has 1 aromatic carbocycles. The first kappa shape index (κ1) is 13.9. The molecule has 0 saturated heterocycles. The highest BCUT2D eigenvalue weighted by molar-refractivity contribution is 6.13. The highest BCUT2D eigenvalue weighted by atomic mass is 16.2. The Labute approximate surface area is 116 Å². The number of nitrogens with one attached hydrogen (secondary N) is 1. The summed E-state index contributed by atoms with van der Waals surface area (Å²) >= 11 is 0. The van der Waals surface area contributed by atoms with Crippen molar-refractivity contribution in [2.75, 3.05) is 0 Å². The van der Waals surface area contributed by atoms with Crippen molar-refractivity contribution in [3.8, 4) is 0 Å². The van der Waals surface area contributed by atoms with Crippen LogP contribution in [0.3, 0.4) is 0 Å². The molecule has 0 aliphatic heterocycles. The van der Waals surface area contributed by atoms with E-state index in [0.29, 0.717) is 16.8 Å². The minimum Gasteiger partial charge on any atom is -0.326 e. The van der Waals surface area contributed by atoms with Gasteiger partial charge in [-0.3, -0.25) is 14.4 Å². The van der Waals surface area contributed by atoms with Crippen molar-refractivity contribution in [1.29, 1.82) is 0 Å². The molecule has 0 unspecified atom stereocenters. The van der Waals surface area contributed by atoms with Crippen molar-refractivity contribution in [2.45, 2.75) is 20.3 Å². The van der Waals surface area contributed by atoms with E-state index in [-0.39, 0.29) is 17.8 Å². The largest absolute Gasteiger partial charge is 0.326 e. The molecule has 102 valence electrons.